The number of hydrogen-bond donors (Lipinski definition) is 1. The van der Waals surface area contributed by atoms with Gasteiger partial charge in [0.2, 0.25) is 0 Å². The van der Waals surface area contributed by atoms with Gasteiger partial charge in [-0.05, 0) is 56.9 Å². The van der Waals surface area contributed by atoms with E-state index < -0.39 is 0 Å². The summed E-state index contributed by atoms with van der Waals surface area (Å²) >= 11 is 0. The monoisotopic (exact) mass is 256 g/mol. The summed E-state index contributed by atoms with van der Waals surface area (Å²) in [5.41, 5.74) is 2.60. The molecule has 0 radical (unpaired) electrons. The molecular weight excluding hydrogens is 236 g/mol. The van der Waals surface area contributed by atoms with Crippen molar-refractivity contribution >= 4 is 0 Å². The highest BCUT2D eigenvalue weighted by Crippen LogP contribution is 2.30. The molecule has 1 aliphatic carbocycles. The Morgan fingerprint density at radius 1 is 1.37 bits per heavy atom. The Morgan fingerprint density at radius 2 is 2.26 bits per heavy atom. The molecule has 2 aromatic heterocycles. The van der Waals surface area contributed by atoms with Crippen molar-refractivity contribution < 1.29 is 4.42 Å². The molecular formula is C16H20N2O. The van der Waals surface area contributed by atoms with Crippen molar-refractivity contribution in [3.63, 3.8) is 0 Å². The summed E-state index contributed by atoms with van der Waals surface area (Å²) in [4.78, 5) is 4.56. The van der Waals surface area contributed by atoms with Crippen LogP contribution in [0.4, 0.5) is 0 Å². The van der Waals surface area contributed by atoms with Crippen LogP contribution in [0.15, 0.2) is 34.9 Å². The van der Waals surface area contributed by atoms with Crippen molar-refractivity contribution in [3.8, 4) is 0 Å². The van der Waals surface area contributed by atoms with Gasteiger partial charge in [0.1, 0.15) is 11.5 Å². The Morgan fingerprint density at radius 3 is 3.05 bits per heavy atom. The van der Waals surface area contributed by atoms with Crippen LogP contribution in [0.25, 0.3) is 0 Å². The molecule has 2 aromatic rings. The van der Waals surface area contributed by atoms with Crippen LogP contribution in [0.3, 0.4) is 0 Å². The predicted octanol–water partition coefficient (Wildman–Crippen LogP) is 3.71. The maximum atomic E-state index is 5.69. The van der Waals surface area contributed by atoms with Gasteiger partial charge >= 0.3 is 0 Å². The second-order valence-corrected chi connectivity index (χ2v) is 5.33. The Hall–Kier alpha value is -1.61. The van der Waals surface area contributed by atoms with E-state index in [-0.39, 0.29) is 6.04 Å². The smallest absolute Gasteiger partial charge is 0.120 e. The number of hydrogen-bond acceptors (Lipinski definition) is 3. The van der Waals surface area contributed by atoms with E-state index in [9.17, 15) is 0 Å². The normalized spacial score (nSPS) is 20.0. The molecule has 2 unspecified atom stereocenters. The van der Waals surface area contributed by atoms with Gasteiger partial charge in [0.25, 0.3) is 0 Å². The number of nitrogens with one attached hydrogen (secondary N) is 1. The molecule has 0 saturated heterocycles. The lowest BCUT2D eigenvalue weighted by Gasteiger charge is -2.27. The minimum Gasteiger partial charge on any atom is -0.465 e. The van der Waals surface area contributed by atoms with Crippen molar-refractivity contribution in [1.82, 2.24) is 10.3 Å². The van der Waals surface area contributed by atoms with E-state index in [0.717, 1.165) is 24.4 Å². The third-order valence-electron chi connectivity index (χ3n) is 3.83. The van der Waals surface area contributed by atoms with Crippen LogP contribution < -0.4 is 5.32 Å². The minimum absolute atomic E-state index is 0.214. The Kier molecular flexibility index (Phi) is 3.38. The van der Waals surface area contributed by atoms with Gasteiger partial charge in [-0.1, -0.05) is 6.07 Å². The van der Waals surface area contributed by atoms with E-state index in [2.05, 4.69) is 29.4 Å². The van der Waals surface area contributed by atoms with Crippen LogP contribution in [0.1, 0.15) is 54.6 Å². The second kappa shape index (κ2) is 5.17. The average Bonchev–Trinajstić information content (AvgIpc) is 2.86. The maximum absolute atomic E-state index is 5.69. The minimum atomic E-state index is 0.214. The molecule has 100 valence electrons. The van der Waals surface area contributed by atoms with Crippen LogP contribution in [-0.4, -0.2) is 4.98 Å². The quantitative estimate of drug-likeness (QED) is 0.909. The molecule has 0 fully saturated rings. The Labute approximate surface area is 114 Å². The highest BCUT2D eigenvalue weighted by atomic mass is 16.3. The lowest BCUT2D eigenvalue weighted by Crippen LogP contribution is -2.28. The standard InChI is InChI=1S/C16H20N2O/c1-11-8-9-15(19-11)12(2)18-14-7-3-5-13-6-4-10-17-16(13)14/h4,6,8-10,12,14,18H,3,5,7H2,1-2H3. The third kappa shape index (κ3) is 2.56. The Bertz CT molecular complexity index is 561. The number of fused-ring (bicyclic) bond motifs is 1. The first-order chi connectivity index (χ1) is 9.24. The zero-order valence-corrected chi connectivity index (χ0v) is 11.5. The van der Waals surface area contributed by atoms with Crippen LogP contribution in [0.5, 0.6) is 0 Å². The lowest BCUT2D eigenvalue weighted by atomic mass is 9.91. The van der Waals surface area contributed by atoms with Gasteiger partial charge < -0.3 is 4.42 Å². The van der Waals surface area contributed by atoms with Gasteiger partial charge in [-0.3, -0.25) is 10.3 Å². The summed E-state index contributed by atoms with van der Waals surface area (Å²) in [6.45, 7) is 4.13. The summed E-state index contributed by atoms with van der Waals surface area (Å²) in [5, 5.41) is 3.65. The van der Waals surface area contributed by atoms with E-state index in [4.69, 9.17) is 4.42 Å². The van der Waals surface area contributed by atoms with Gasteiger partial charge in [0.15, 0.2) is 0 Å². The van der Waals surface area contributed by atoms with Crippen LogP contribution in [0.2, 0.25) is 0 Å². The second-order valence-electron chi connectivity index (χ2n) is 5.33. The van der Waals surface area contributed by atoms with E-state index >= 15 is 0 Å². The van der Waals surface area contributed by atoms with Crippen molar-refractivity contribution in [2.75, 3.05) is 0 Å². The van der Waals surface area contributed by atoms with E-state index in [0.29, 0.717) is 6.04 Å². The van der Waals surface area contributed by atoms with Crippen molar-refractivity contribution in [3.05, 3.63) is 53.2 Å². The molecule has 3 heteroatoms. The predicted molar refractivity (Wildman–Crippen MR) is 74.9 cm³/mol. The Balaban J connectivity index is 1.77. The van der Waals surface area contributed by atoms with Gasteiger partial charge in [0.05, 0.1) is 17.8 Å². The number of aromatic nitrogens is 1. The topological polar surface area (TPSA) is 38.1 Å². The molecule has 2 heterocycles. The molecule has 0 spiro atoms. The highest BCUT2D eigenvalue weighted by molar-refractivity contribution is 5.25. The molecule has 0 amide bonds. The highest BCUT2D eigenvalue weighted by Gasteiger charge is 2.23. The van der Waals surface area contributed by atoms with Crippen molar-refractivity contribution in [2.45, 2.75) is 45.2 Å². The van der Waals surface area contributed by atoms with Gasteiger partial charge in [-0.25, -0.2) is 0 Å². The molecule has 19 heavy (non-hydrogen) atoms. The molecule has 0 aromatic carbocycles. The summed E-state index contributed by atoms with van der Waals surface area (Å²) in [6, 6.07) is 8.84. The van der Waals surface area contributed by atoms with Gasteiger partial charge in [0, 0.05) is 6.20 Å². The first-order valence-electron chi connectivity index (χ1n) is 7.00. The van der Waals surface area contributed by atoms with Crippen molar-refractivity contribution in [2.24, 2.45) is 0 Å². The number of pyridine rings is 1. The first kappa shape index (κ1) is 12.4. The largest absolute Gasteiger partial charge is 0.465 e. The van der Waals surface area contributed by atoms with E-state index in [1.807, 2.05) is 25.3 Å². The lowest BCUT2D eigenvalue weighted by molar-refractivity contribution is 0.357. The molecule has 0 bridgehead atoms. The first-order valence-corrected chi connectivity index (χ1v) is 7.00. The number of furan rings is 1. The number of rotatable bonds is 3. The van der Waals surface area contributed by atoms with Crippen LogP contribution in [-0.2, 0) is 6.42 Å². The van der Waals surface area contributed by atoms with Crippen LogP contribution >= 0.6 is 0 Å². The fraction of sp³-hybridized carbons (Fsp3) is 0.438. The third-order valence-corrected chi connectivity index (χ3v) is 3.83. The van der Waals surface area contributed by atoms with Gasteiger partial charge in [-0.15, -0.1) is 0 Å². The van der Waals surface area contributed by atoms with Crippen LogP contribution in [0, 0.1) is 6.92 Å². The molecule has 1 aliphatic rings. The number of aryl methyl sites for hydroxylation is 2. The fourth-order valence-electron chi connectivity index (χ4n) is 2.84. The molecule has 3 nitrogen and oxygen atoms in total. The molecule has 0 saturated carbocycles. The average molecular weight is 256 g/mol. The number of nitrogens with zero attached hydrogens (tertiary/aromatic N) is 1. The zero-order chi connectivity index (χ0) is 13.2. The maximum Gasteiger partial charge on any atom is 0.120 e. The molecule has 2 atom stereocenters. The van der Waals surface area contributed by atoms with Gasteiger partial charge in [-0.2, -0.15) is 0 Å². The fourth-order valence-corrected chi connectivity index (χ4v) is 2.84. The van der Waals surface area contributed by atoms with E-state index in [1.54, 1.807) is 0 Å². The summed E-state index contributed by atoms with van der Waals surface area (Å²) < 4.78 is 5.69. The molecule has 0 aliphatic heterocycles. The summed E-state index contributed by atoms with van der Waals surface area (Å²) in [7, 11) is 0. The van der Waals surface area contributed by atoms with Crippen molar-refractivity contribution in [1.29, 1.82) is 0 Å². The van der Waals surface area contributed by atoms with E-state index in [1.165, 1.54) is 17.7 Å². The molecule has 1 N–H and O–H groups in total. The molecule has 3 rings (SSSR count). The summed E-state index contributed by atoms with van der Waals surface area (Å²) in [5.74, 6) is 1.96. The zero-order valence-electron chi connectivity index (χ0n) is 11.5. The summed E-state index contributed by atoms with van der Waals surface area (Å²) in [6.07, 6.45) is 5.41. The SMILES string of the molecule is Cc1ccc(C(C)NC2CCCc3cccnc32)o1.